The minimum Gasteiger partial charge on any atom is -0.497 e. The molecular weight excluding hydrogens is 269 g/mol. The zero-order chi connectivity index (χ0) is 15.2. The predicted molar refractivity (Wildman–Crippen MR) is 82.2 cm³/mol. The molecule has 2 aromatic rings. The maximum atomic E-state index is 13.0. The van der Waals surface area contributed by atoms with Crippen molar-refractivity contribution in [1.82, 2.24) is 0 Å². The van der Waals surface area contributed by atoms with Gasteiger partial charge in [0.25, 0.3) is 0 Å². The van der Waals surface area contributed by atoms with Gasteiger partial charge in [-0.1, -0.05) is 12.1 Å². The van der Waals surface area contributed by atoms with Gasteiger partial charge in [-0.05, 0) is 48.9 Å². The van der Waals surface area contributed by atoms with Crippen LogP contribution in [0.1, 0.15) is 18.6 Å². The van der Waals surface area contributed by atoms with Crippen molar-refractivity contribution in [3.8, 4) is 5.75 Å². The monoisotopic (exact) mass is 289 g/mol. The van der Waals surface area contributed by atoms with Crippen LogP contribution in [-0.2, 0) is 0 Å². The average Bonchev–Trinajstić information content (AvgIpc) is 2.53. The summed E-state index contributed by atoms with van der Waals surface area (Å²) in [4.78, 5) is 2.00. The van der Waals surface area contributed by atoms with Crippen molar-refractivity contribution in [1.29, 1.82) is 0 Å². The first kappa shape index (κ1) is 15.3. The molecule has 1 unspecified atom stereocenters. The highest BCUT2D eigenvalue weighted by Gasteiger charge is 2.13. The van der Waals surface area contributed by atoms with E-state index in [-0.39, 0.29) is 5.82 Å². The number of halogens is 1. The summed E-state index contributed by atoms with van der Waals surface area (Å²) in [6, 6.07) is 13.7. The Morgan fingerprint density at radius 2 is 1.90 bits per heavy atom. The molecule has 0 spiro atoms. The summed E-state index contributed by atoms with van der Waals surface area (Å²) < 4.78 is 18.2. The molecule has 0 aliphatic rings. The Balaban J connectivity index is 2.11. The van der Waals surface area contributed by atoms with E-state index >= 15 is 0 Å². The number of nitrogens with zero attached hydrogens (tertiary/aromatic N) is 1. The summed E-state index contributed by atoms with van der Waals surface area (Å²) in [7, 11) is 1.60. The van der Waals surface area contributed by atoms with Crippen molar-refractivity contribution in [2.75, 3.05) is 25.1 Å². The normalized spacial score (nSPS) is 12.0. The van der Waals surface area contributed by atoms with E-state index < -0.39 is 6.10 Å². The molecule has 0 bridgehead atoms. The van der Waals surface area contributed by atoms with Crippen LogP contribution >= 0.6 is 0 Å². The van der Waals surface area contributed by atoms with Gasteiger partial charge in [0.1, 0.15) is 11.6 Å². The summed E-state index contributed by atoms with van der Waals surface area (Å²) in [5.41, 5.74) is 1.69. The smallest absolute Gasteiger partial charge is 0.123 e. The van der Waals surface area contributed by atoms with Crippen molar-refractivity contribution >= 4 is 5.69 Å². The topological polar surface area (TPSA) is 32.7 Å². The van der Waals surface area contributed by atoms with Crippen molar-refractivity contribution in [3.63, 3.8) is 0 Å². The highest BCUT2D eigenvalue weighted by molar-refractivity contribution is 5.46. The van der Waals surface area contributed by atoms with E-state index in [1.807, 2.05) is 36.1 Å². The summed E-state index contributed by atoms with van der Waals surface area (Å²) >= 11 is 0. The molecule has 0 aliphatic carbocycles. The van der Waals surface area contributed by atoms with Crippen molar-refractivity contribution in [3.05, 3.63) is 59.9 Å². The Morgan fingerprint density at radius 1 is 1.19 bits per heavy atom. The van der Waals surface area contributed by atoms with Gasteiger partial charge < -0.3 is 14.7 Å². The zero-order valence-corrected chi connectivity index (χ0v) is 12.3. The van der Waals surface area contributed by atoms with Gasteiger partial charge in [0, 0.05) is 18.8 Å². The highest BCUT2D eigenvalue weighted by atomic mass is 19.1. The molecule has 0 saturated heterocycles. The van der Waals surface area contributed by atoms with E-state index in [0.29, 0.717) is 6.54 Å². The van der Waals surface area contributed by atoms with Crippen LogP contribution in [0.2, 0.25) is 0 Å². The number of hydrogen-bond acceptors (Lipinski definition) is 3. The molecule has 0 saturated carbocycles. The number of aliphatic hydroxyl groups excluding tert-OH is 1. The fourth-order valence-corrected chi connectivity index (χ4v) is 2.23. The van der Waals surface area contributed by atoms with E-state index in [1.54, 1.807) is 19.2 Å². The largest absolute Gasteiger partial charge is 0.497 e. The lowest BCUT2D eigenvalue weighted by molar-refractivity contribution is 0.183. The molecule has 0 aromatic heterocycles. The molecule has 2 rings (SSSR count). The van der Waals surface area contributed by atoms with E-state index in [0.717, 1.165) is 23.5 Å². The van der Waals surface area contributed by atoms with Gasteiger partial charge in [0.2, 0.25) is 0 Å². The van der Waals surface area contributed by atoms with Crippen LogP contribution in [0.3, 0.4) is 0 Å². The number of hydrogen-bond donors (Lipinski definition) is 1. The fraction of sp³-hybridized carbons (Fsp3) is 0.294. The molecule has 2 aromatic carbocycles. The van der Waals surface area contributed by atoms with E-state index in [4.69, 9.17) is 4.74 Å². The van der Waals surface area contributed by atoms with E-state index in [1.165, 1.54) is 12.1 Å². The van der Waals surface area contributed by atoms with Crippen molar-refractivity contribution in [2.45, 2.75) is 13.0 Å². The molecule has 0 amide bonds. The van der Waals surface area contributed by atoms with Gasteiger partial charge in [-0.25, -0.2) is 4.39 Å². The summed E-state index contributed by atoms with van der Waals surface area (Å²) in [6.07, 6.45) is -0.634. The van der Waals surface area contributed by atoms with Crippen LogP contribution < -0.4 is 9.64 Å². The molecule has 112 valence electrons. The predicted octanol–water partition coefficient (Wildman–Crippen LogP) is 3.39. The third-order valence-corrected chi connectivity index (χ3v) is 3.45. The molecule has 1 N–H and O–H groups in total. The number of rotatable bonds is 6. The maximum absolute atomic E-state index is 13.0. The highest BCUT2D eigenvalue weighted by Crippen LogP contribution is 2.22. The molecule has 4 heteroatoms. The summed E-state index contributed by atoms with van der Waals surface area (Å²) in [5, 5.41) is 10.4. The third kappa shape index (κ3) is 3.95. The van der Waals surface area contributed by atoms with Gasteiger partial charge in [-0.3, -0.25) is 0 Å². The Morgan fingerprint density at radius 3 is 2.52 bits per heavy atom. The molecule has 3 nitrogen and oxygen atoms in total. The van der Waals surface area contributed by atoms with Crippen LogP contribution in [-0.4, -0.2) is 25.3 Å². The van der Waals surface area contributed by atoms with Crippen LogP contribution in [0.4, 0.5) is 10.1 Å². The van der Waals surface area contributed by atoms with Crippen LogP contribution in [0.15, 0.2) is 48.5 Å². The lowest BCUT2D eigenvalue weighted by atomic mass is 10.1. The number of aliphatic hydroxyl groups is 1. The molecule has 0 radical (unpaired) electrons. The van der Waals surface area contributed by atoms with Crippen molar-refractivity contribution in [2.24, 2.45) is 0 Å². The third-order valence-electron chi connectivity index (χ3n) is 3.45. The molecule has 1 atom stereocenters. The molecule has 0 aliphatic heterocycles. The van der Waals surface area contributed by atoms with Gasteiger partial charge >= 0.3 is 0 Å². The van der Waals surface area contributed by atoms with Crippen LogP contribution in [0.25, 0.3) is 0 Å². The second kappa shape index (κ2) is 7.09. The Kier molecular flexibility index (Phi) is 5.17. The van der Waals surface area contributed by atoms with Gasteiger partial charge in [-0.2, -0.15) is 0 Å². The quantitative estimate of drug-likeness (QED) is 0.884. The summed E-state index contributed by atoms with van der Waals surface area (Å²) in [6.45, 7) is 3.17. The van der Waals surface area contributed by atoms with E-state index in [9.17, 15) is 9.50 Å². The lowest BCUT2D eigenvalue weighted by Crippen LogP contribution is -2.28. The van der Waals surface area contributed by atoms with Gasteiger partial charge in [0.15, 0.2) is 0 Å². The second-order valence-corrected chi connectivity index (χ2v) is 4.81. The number of ether oxygens (including phenoxy) is 1. The van der Waals surface area contributed by atoms with Crippen LogP contribution in [0, 0.1) is 5.82 Å². The summed E-state index contributed by atoms with van der Waals surface area (Å²) in [5.74, 6) is 0.458. The first-order valence-corrected chi connectivity index (χ1v) is 6.96. The Labute approximate surface area is 124 Å². The molecule has 0 heterocycles. The average molecular weight is 289 g/mol. The molecular formula is C17H20FNO2. The first-order valence-electron chi connectivity index (χ1n) is 6.96. The minimum atomic E-state index is -0.634. The number of benzene rings is 2. The van der Waals surface area contributed by atoms with Crippen LogP contribution in [0.5, 0.6) is 5.75 Å². The van der Waals surface area contributed by atoms with E-state index in [2.05, 4.69) is 0 Å². The fourth-order valence-electron chi connectivity index (χ4n) is 2.23. The zero-order valence-electron chi connectivity index (χ0n) is 12.3. The Bertz CT molecular complexity index is 571. The number of methoxy groups -OCH3 is 1. The standard InChI is InChI=1S/C17H20FNO2/c1-3-19(15-9-7-14(18)8-10-15)12-17(20)13-5-4-6-16(11-13)21-2/h4-11,17,20H,3,12H2,1-2H3. The SMILES string of the molecule is CCN(CC(O)c1cccc(OC)c1)c1ccc(F)cc1. The number of likely N-dealkylation sites (N-methyl/N-ethyl adjacent to an activating group) is 1. The Hall–Kier alpha value is -2.07. The van der Waals surface area contributed by atoms with Gasteiger partial charge in [0.05, 0.1) is 13.2 Å². The maximum Gasteiger partial charge on any atom is 0.123 e. The molecule has 0 fully saturated rings. The number of anilines is 1. The van der Waals surface area contributed by atoms with Gasteiger partial charge in [-0.15, -0.1) is 0 Å². The van der Waals surface area contributed by atoms with Crippen molar-refractivity contribution < 1.29 is 14.2 Å². The molecule has 21 heavy (non-hydrogen) atoms. The lowest BCUT2D eigenvalue weighted by Gasteiger charge is -2.26. The first-order chi connectivity index (χ1) is 10.1. The minimum absolute atomic E-state index is 0.261. The second-order valence-electron chi connectivity index (χ2n) is 4.81.